The van der Waals surface area contributed by atoms with Crippen molar-refractivity contribution in [1.82, 2.24) is 15.6 Å². The van der Waals surface area contributed by atoms with Crippen LogP contribution in [0.4, 0.5) is 5.00 Å². The lowest BCUT2D eigenvalue weighted by atomic mass is 10.0. The van der Waals surface area contributed by atoms with Gasteiger partial charge in [-0.2, -0.15) is 0 Å². The molecular formula is C21H25ClN4O3S2. The normalized spacial score (nSPS) is 12.8. The molecule has 1 aliphatic heterocycles. The summed E-state index contributed by atoms with van der Waals surface area (Å²) in [4.78, 5) is 30.0. The van der Waals surface area contributed by atoms with Crippen LogP contribution in [0.2, 0.25) is 0 Å². The van der Waals surface area contributed by atoms with Crippen molar-refractivity contribution in [3.8, 4) is 10.6 Å². The van der Waals surface area contributed by atoms with Crippen LogP contribution in [0.3, 0.4) is 0 Å². The third-order valence-corrected chi connectivity index (χ3v) is 6.99. The zero-order valence-electron chi connectivity index (χ0n) is 17.2. The van der Waals surface area contributed by atoms with E-state index in [4.69, 9.17) is 9.72 Å². The Balaban J connectivity index is 0.00000272. The number of ether oxygens (including phenoxy) is 1. The van der Waals surface area contributed by atoms with E-state index >= 15 is 0 Å². The summed E-state index contributed by atoms with van der Waals surface area (Å²) in [5.74, 6) is -0.394. The molecule has 0 unspecified atom stereocenters. The molecule has 3 N–H and O–H groups in total. The number of nitrogens with one attached hydrogen (secondary N) is 3. The smallest absolute Gasteiger partial charge is 0.319 e. The molecule has 0 aliphatic carbocycles. The van der Waals surface area contributed by atoms with Gasteiger partial charge in [0.15, 0.2) is 0 Å². The second-order valence-electron chi connectivity index (χ2n) is 6.90. The third-order valence-electron chi connectivity index (χ3n) is 4.79. The molecular weight excluding hydrogens is 456 g/mol. The summed E-state index contributed by atoms with van der Waals surface area (Å²) in [6.45, 7) is 4.38. The number of thiazole rings is 1. The first kappa shape index (κ1) is 23.6. The van der Waals surface area contributed by atoms with Gasteiger partial charge in [0.25, 0.3) is 0 Å². The molecule has 2 aromatic heterocycles. The van der Waals surface area contributed by atoms with Crippen LogP contribution in [0.1, 0.15) is 23.8 Å². The number of carbonyl (C=O) groups excluding carboxylic acids is 2. The van der Waals surface area contributed by atoms with E-state index in [1.165, 1.54) is 10.4 Å². The van der Waals surface area contributed by atoms with E-state index in [9.17, 15) is 9.59 Å². The standard InChI is InChI=1S/C21H24N4O3S2.ClH/c1-2-28-18(27)12-23-10-8-17(26)25-21-19(13-7-9-22-11-16(13)30-21)20-24-14-5-3-4-6-15(14)29-20;/h3-6,22-23H,2,7-12H2,1H3,(H,25,26);1H. The topological polar surface area (TPSA) is 92.3 Å². The Morgan fingerprint density at radius 1 is 1.26 bits per heavy atom. The van der Waals surface area contributed by atoms with Gasteiger partial charge in [0.05, 0.1) is 23.4 Å². The van der Waals surface area contributed by atoms with Gasteiger partial charge >= 0.3 is 5.97 Å². The van der Waals surface area contributed by atoms with E-state index in [-0.39, 0.29) is 37.2 Å². The number of halogens is 1. The molecule has 1 aromatic carbocycles. The van der Waals surface area contributed by atoms with E-state index in [2.05, 4.69) is 22.0 Å². The predicted molar refractivity (Wildman–Crippen MR) is 128 cm³/mol. The van der Waals surface area contributed by atoms with Crippen molar-refractivity contribution in [2.24, 2.45) is 0 Å². The molecule has 10 heteroatoms. The van der Waals surface area contributed by atoms with Gasteiger partial charge in [-0.25, -0.2) is 4.98 Å². The number of fused-ring (bicyclic) bond motifs is 2. The zero-order chi connectivity index (χ0) is 20.9. The van der Waals surface area contributed by atoms with Crippen molar-refractivity contribution in [3.63, 3.8) is 0 Å². The van der Waals surface area contributed by atoms with Crippen molar-refractivity contribution < 1.29 is 14.3 Å². The fourth-order valence-electron chi connectivity index (χ4n) is 3.42. The molecule has 3 aromatic rings. The van der Waals surface area contributed by atoms with Crippen LogP contribution in [0.15, 0.2) is 24.3 Å². The summed E-state index contributed by atoms with van der Waals surface area (Å²) in [6, 6.07) is 8.10. The average molecular weight is 481 g/mol. The molecule has 1 amide bonds. The number of aromatic nitrogens is 1. The number of benzene rings is 1. The minimum atomic E-state index is -0.311. The second-order valence-corrected chi connectivity index (χ2v) is 9.04. The summed E-state index contributed by atoms with van der Waals surface area (Å²) in [5, 5.41) is 11.2. The van der Waals surface area contributed by atoms with E-state index in [1.807, 2.05) is 18.2 Å². The Morgan fingerprint density at radius 2 is 2.10 bits per heavy atom. The van der Waals surface area contributed by atoms with Gasteiger partial charge in [-0.3, -0.25) is 9.59 Å². The maximum absolute atomic E-state index is 12.6. The molecule has 0 saturated carbocycles. The SMILES string of the molecule is CCOC(=O)CNCCC(=O)Nc1sc2c(c1-c1nc3ccccc3s1)CCNC2.Cl. The Morgan fingerprint density at radius 3 is 2.90 bits per heavy atom. The number of carbonyl (C=O) groups is 2. The molecule has 0 atom stereocenters. The van der Waals surface area contributed by atoms with Crippen molar-refractivity contribution >= 4 is 62.2 Å². The Kier molecular flexibility index (Phi) is 8.39. The highest BCUT2D eigenvalue weighted by molar-refractivity contribution is 7.22. The number of anilines is 1. The monoisotopic (exact) mass is 480 g/mol. The van der Waals surface area contributed by atoms with Crippen molar-refractivity contribution in [2.45, 2.75) is 26.3 Å². The third kappa shape index (κ3) is 5.61. The number of thiophene rings is 1. The number of nitrogens with zero attached hydrogens (tertiary/aromatic N) is 1. The van der Waals surface area contributed by atoms with E-state index in [0.717, 1.165) is 45.3 Å². The highest BCUT2D eigenvalue weighted by Gasteiger charge is 2.25. The van der Waals surface area contributed by atoms with Crippen LogP contribution in [0.5, 0.6) is 0 Å². The minimum Gasteiger partial charge on any atom is -0.465 e. The lowest BCUT2D eigenvalue weighted by Crippen LogP contribution is -2.28. The van der Waals surface area contributed by atoms with E-state index in [0.29, 0.717) is 13.2 Å². The molecule has 0 bridgehead atoms. The summed E-state index contributed by atoms with van der Waals surface area (Å²) in [5.41, 5.74) is 3.32. The Hall–Kier alpha value is -2.04. The predicted octanol–water partition coefficient (Wildman–Crippen LogP) is 3.57. The first-order valence-electron chi connectivity index (χ1n) is 10.0. The summed E-state index contributed by atoms with van der Waals surface area (Å²) < 4.78 is 6.01. The Bertz CT molecular complexity index is 1030. The number of amides is 1. The molecule has 0 saturated heterocycles. The average Bonchev–Trinajstić information content (AvgIpc) is 3.31. The lowest BCUT2D eigenvalue weighted by Gasteiger charge is -2.13. The molecule has 1 aliphatic rings. The number of hydrogen-bond acceptors (Lipinski definition) is 8. The number of rotatable bonds is 8. The molecule has 31 heavy (non-hydrogen) atoms. The molecule has 0 fully saturated rings. The minimum absolute atomic E-state index is 0. The number of esters is 1. The molecule has 3 heterocycles. The van der Waals surface area contributed by atoms with Gasteiger partial charge in [0, 0.05) is 30.0 Å². The van der Waals surface area contributed by atoms with Gasteiger partial charge in [-0.15, -0.1) is 35.1 Å². The summed E-state index contributed by atoms with van der Waals surface area (Å²) >= 11 is 3.28. The first-order chi connectivity index (χ1) is 14.7. The maximum atomic E-state index is 12.6. The molecule has 166 valence electrons. The fourth-order valence-corrected chi connectivity index (χ4v) is 5.77. The highest BCUT2D eigenvalue weighted by atomic mass is 35.5. The summed E-state index contributed by atoms with van der Waals surface area (Å²) in [7, 11) is 0. The van der Waals surface area contributed by atoms with Crippen LogP contribution in [0, 0.1) is 0 Å². The molecule has 4 rings (SSSR count). The number of para-hydroxylation sites is 1. The van der Waals surface area contributed by atoms with E-state index in [1.54, 1.807) is 29.6 Å². The van der Waals surface area contributed by atoms with Crippen molar-refractivity contribution in [3.05, 3.63) is 34.7 Å². The van der Waals surface area contributed by atoms with Crippen molar-refractivity contribution in [1.29, 1.82) is 0 Å². The van der Waals surface area contributed by atoms with Gasteiger partial charge in [0.1, 0.15) is 10.0 Å². The van der Waals surface area contributed by atoms with Gasteiger partial charge in [0.2, 0.25) is 5.91 Å². The van der Waals surface area contributed by atoms with Gasteiger partial charge in [-0.05, 0) is 37.6 Å². The molecule has 7 nitrogen and oxygen atoms in total. The maximum Gasteiger partial charge on any atom is 0.319 e. The summed E-state index contributed by atoms with van der Waals surface area (Å²) in [6.07, 6.45) is 1.20. The number of hydrogen-bond donors (Lipinski definition) is 3. The quantitative estimate of drug-likeness (QED) is 0.337. The van der Waals surface area contributed by atoms with Gasteiger partial charge < -0.3 is 20.7 Å². The Labute approximate surface area is 195 Å². The van der Waals surface area contributed by atoms with Crippen molar-refractivity contribution in [2.75, 3.05) is 31.6 Å². The zero-order valence-corrected chi connectivity index (χ0v) is 19.6. The van der Waals surface area contributed by atoms with Crippen LogP contribution in [0.25, 0.3) is 20.8 Å². The van der Waals surface area contributed by atoms with E-state index < -0.39 is 0 Å². The molecule has 0 spiro atoms. The molecule has 0 radical (unpaired) electrons. The highest BCUT2D eigenvalue weighted by Crippen LogP contribution is 2.44. The largest absolute Gasteiger partial charge is 0.465 e. The lowest BCUT2D eigenvalue weighted by molar-refractivity contribution is -0.142. The van der Waals surface area contributed by atoms with Crippen LogP contribution >= 0.6 is 35.1 Å². The van der Waals surface area contributed by atoms with Gasteiger partial charge in [-0.1, -0.05) is 12.1 Å². The second kappa shape index (κ2) is 11.0. The van der Waals surface area contributed by atoms with Crippen LogP contribution in [-0.4, -0.2) is 43.1 Å². The first-order valence-corrected chi connectivity index (χ1v) is 11.7. The van der Waals surface area contributed by atoms with Crippen LogP contribution < -0.4 is 16.0 Å². The van der Waals surface area contributed by atoms with Crippen LogP contribution in [-0.2, 0) is 27.3 Å². The fraction of sp³-hybridized carbons (Fsp3) is 0.381.